The van der Waals surface area contributed by atoms with Gasteiger partial charge in [-0.2, -0.15) is 0 Å². The van der Waals surface area contributed by atoms with Crippen molar-refractivity contribution in [2.24, 2.45) is 0 Å². The van der Waals surface area contributed by atoms with Crippen molar-refractivity contribution in [3.8, 4) is 0 Å². The van der Waals surface area contributed by atoms with Crippen LogP contribution in [0.5, 0.6) is 0 Å². The molecule has 0 aromatic heterocycles. The molecule has 0 bridgehead atoms. The molecule has 0 spiro atoms. The first-order valence-electron chi connectivity index (χ1n) is 8.68. The molecule has 4 heteroatoms. The van der Waals surface area contributed by atoms with Gasteiger partial charge in [0.25, 0.3) is 5.91 Å². The third-order valence-corrected chi connectivity index (χ3v) is 4.91. The summed E-state index contributed by atoms with van der Waals surface area (Å²) in [6.07, 6.45) is 0. The molecule has 0 unspecified atom stereocenters. The van der Waals surface area contributed by atoms with Gasteiger partial charge in [-0.05, 0) is 30.0 Å². The predicted octanol–water partition coefficient (Wildman–Crippen LogP) is 3.77. The summed E-state index contributed by atoms with van der Waals surface area (Å²) >= 11 is 0. The standard InChI is InChI=1S/C22H20N2O2/c1-15-9-11-16(12-10-15)13-23(2)20(25)14-24-19-8-4-6-17-5-3-7-18(21(17)19)22(24)26/h3-12H,13-14H2,1-2H3. The number of amides is 2. The highest BCUT2D eigenvalue weighted by Gasteiger charge is 2.31. The zero-order valence-electron chi connectivity index (χ0n) is 14.9. The molecule has 0 saturated carbocycles. The number of likely N-dealkylation sites (N-methyl/N-ethyl adjacent to an activating group) is 1. The van der Waals surface area contributed by atoms with Gasteiger partial charge in [0.1, 0.15) is 6.54 Å². The van der Waals surface area contributed by atoms with Crippen LogP contribution in [-0.2, 0) is 11.3 Å². The first-order chi connectivity index (χ1) is 12.5. The van der Waals surface area contributed by atoms with E-state index in [-0.39, 0.29) is 18.4 Å². The minimum absolute atomic E-state index is 0.0506. The highest BCUT2D eigenvalue weighted by atomic mass is 16.2. The molecule has 130 valence electrons. The van der Waals surface area contributed by atoms with Crippen LogP contribution in [0.15, 0.2) is 60.7 Å². The van der Waals surface area contributed by atoms with Crippen LogP contribution in [0.1, 0.15) is 21.5 Å². The fourth-order valence-corrected chi connectivity index (χ4v) is 3.45. The highest BCUT2D eigenvalue weighted by molar-refractivity contribution is 6.26. The maximum atomic E-state index is 12.8. The number of hydrogen-bond donors (Lipinski definition) is 0. The van der Waals surface area contributed by atoms with Crippen molar-refractivity contribution in [2.45, 2.75) is 13.5 Å². The third kappa shape index (κ3) is 2.73. The van der Waals surface area contributed by atoms with Crippen LogP contribution < -0.4 is 4.90 Å². The molecule has 3 aromatic carbocycles. The molecule has 1 heterocycles. The lowest BCUT2D eigenvalue weighted by Crippen LogP contribution is -2.39. The zero-order chi connectivity index (χ0) is 18.3. The molecule has 1 aliphatic heterocycles. The van der Waals surface area contributed by atoms with Crippen LogP contribution in [0.2, 0.25) is 0 Å². The van der Waals surface area contributed by atoms with E-state index in [0.29, 0.717) is 12.1 Å². The Kier molecular flexibility index (Phi) is 3.96. The first-order valence-corrected chi connectivity index (χ1v) is 8.68. The number of carbonyl (C=O) groups excluding carboxylic acids is 2. The molecule has 26 heavy (non-hydrogen) atoms. The SMILES string of the molecule is Cc1ccc(CN(C)C(=O)CN2C(=O)c3cccc4cccc2c34)cc1. The van der Waals surface area contributed by atoms with Crippen molar-refractivity contribution in [3.63, 3.8) is 0 Å². The second kappa shape index (κ2) is 6.30. The van der Waals surface area contributed by atoms with Crippen molar-refractivity contribution < 1.29 is 9.59 Å². The van der Waals surface area contributed by atoms with E-state index in [2.05, 4.69) is 0 Å². The molecule has 1 aliphatic rings. The van der Waals surface area contributed by atoms with Gasteiger partial charge < -0.3 is 4.90 Å². The summed E-state index contributed by atoms with van der Waals surface area (Å²) in [4.78, 5) is 28.8. The molecule has 4 rings (SSSR count). The number of aryl methyl sites for hydroxylation is 1. The largest absolute Gasteiger partial charge is 0.340 e. The third-order valence-electron chi connectivity index (χ3n) is 4.91. The molecule has 0 aliphatic carbocycles. The fraction of sp³-hybridized carbons (Fsp3) is 0.182. The Balaban J connectivity index is 1.54. The topological polar surface area (TPSA) is 40.6 Å². The van der Waals surface area contributed by atoms with E-state index in [1.165, 1.54) is 5.56 Å². The van der Waals surface area contributed by atoms with Crippen molar-refractivity contribution in [3.05, 3.63) is 77.4 Å². The van der Waals surface area contributed by atoms with E-state index in [1.54, 1.807) is 16.8 Å². The fourth-order valence-electron chi connectivity index (χ4n) is 3.45. The minimum atomic E-state index is -0.103. The lowest BCUT2D eigenvalue weighted by Gasteiger charge is -2.22. The Morgan fingerprint density at radius 2 is 1.69 bits per heavy atom. The molecule has 3 aromatic rings. The van der Waals surface area contributed by atoms with Gasteiger partial charge in [0.2, 0.25) is 5.91 Å². The van der Waals surface area contributed by atoms with Crippen molar-refractivity contribution in [1.82, 2.24) is 4.90 Å². The lowest BCUT2D eigenvalue weighted by molar-refractivity contribution is -0.128. The highest BCUT2D eigenvalue weighted by Crippen LogP contribution is 2.36. The average molecular weight is 344 g/mol. The van der Waals surface area contributed by atoms with E-state index < -0.39 is 0 Å². The summed E-state index contributed by atoms with van der Waals surface area (Å²) < 4.78 is 0. The summed E-state index contributed by atoms with van der Waals surface area (Å²) in [6, 6.07) is 19.6. The van der Waals surface area contributed by atoms with Gasteiger partial charge in [0.15, 0.2) is 0 Å². The molecule has 2 amide bonds. The van der Waals surface area contributed by atoms with Crippen molar-refractivity contribution in [1.29, 1.82) is 0 Å². The van der Waals surface area contributed by atoms with Gasteiger partial charge >= 0.3 is 0 Å². The van der Waals surface area contributed by atoms with Crippen LogP contribution in [0.4, 0.5) is 5.69 Å². The van der Waals surface area contributed by atoms with E-state index >= 15 is 0 Å². The Bertz CT molecular complexity index is 1000. The van der Waals surface area contributed by atoms with Crippen LogP contribution in [0, 0.1) is 6.92 Å². The van der Waals surface area contributed by atoms with E-state index in [9.17, 15) is 9.59 Å². The zero-order valence-corrected chi connectivity index (χ0v) is 14.9. The van der Waals surface area contributed by atoms with Crippen LogP contribution in [0.25, 0.3) is 10.8 Å². The number of carbonyl (C=O) groups is 2. The molecule has 0 N–H and O–H groups in total. The Morgan fingerprint density at radius 3 is 2.42 bits per heavy atom. The maximum absolute atomic E-state index is 12.8. The lowest BCUT2D eigenvalue weighted by atomic mass is 10.1. The summed E-state index contributed by atoms with van der Waals surface area (Å²) in [5.74, 6) is -0.183. The number of hydrogen-bond acceptors (Lipinski definition) is 2. The van der Waals surface area contributed by atoms with Gasteiger partial charge in [0, 0.05) is 24.5 Å². The van der Waals surface area contributed by atoms with E-state index in [1.807, 2.05) is 67.6 Å². The first kappa shape index (κ1) is 16.3. The summed E-state index contributed by atoms with van der Waals surface area (Å²) in [5, 5.41) is 1.96. The van der Waals surface area contributed by atoms with Crippen LogP contribution >= 0.6 is 0 Å². The van der Waals surface area contributed by atoms with E-state index in [4.69, 9.17) is 0 Å². The second-order valence-corrected chi connectivity index (χ2v) is 6.81. The van der Waals surface area contributed by atoms with Gasteiger partial charge in [-0.3, -0.25) is 14.5 Å². The van der Waals surface area contributed by atoms with E-state index in [0.717, 1.165) is 22.0 Å². The Hall–Kier alpha value is -3.14. The predicted molar refractivity (Wildman–Crippen MR) is 103 cm³/mol. The smallest absolute Gasteiger partial charge is 0.259 e. The van der Waals surface area contributed by atoms with Crippen LogP contribution in [-0.4, -0.2) is 30.3 Å². The summed E-state index contributed by atoms with van der Waals surface area (Å²) in [5.41, 5.74) is 3.76. The average Bonchev–Trinajstić information content (AvgIpc) is 2.92. The number of rotatable bonds is 4. The molecule has 0 fully saturated rings. The van der Waals surface area contributed by atoms with Crippen molar-refractivity contribution in [2.75, 3.05) is 18.5 Å². The maximum Gasteiger partial charge on any atom is 0.259 e. The molecule has 0 radical (unpaired) electrons. The Morgan fingerprint density at radius 1 is 1.00 bits per heavy atom. The summed E-state index contributed by atoms with van der Waals surface area (Å²) in [6.45, 7) is 2.61. The molecule has 0 saturated heterocycles. The van der Waals surface area contributed by atoms with Gasteiger partial charge in [-0.15, -0.1) is 0 Å². The molecule has 4 nitrogen and oxygen atoms in total. The molecule has 0 atom stereocenters. The van der Waals surface area contributed by atoms with Crippen LogP contribution in [0.3, 0.4) is 0 Å². The summed E-state index contributed by atoms with van der Waals surface area (Å²) in [7, 11) is 1.77. The van der Waals surface area contributed by atoms with Gasteiger partial charge in [-0.25, -0.2) is 0 Å². The Labute approximate surface area is 152 Å². The molecular weight excluding hydrogens is 324 g/mol. The van der Waals surface area contributed by atoms with Gasteiger partial charge in [-0.1, -0.05) is 54.1 Å². The van der Waals surface area contributed by atoms with Gasteiger partial charge in [0.05, 0.1) is 5.69 Å². The quantitative estimate of drug-likeness (QED) is 0.723. The number of benzene rings is 3. The minimum Gasteiger partial charge on any atom is -0.340 e. The normalized spacial score (nSPS) is 12.7. The number of anilines is 1. The van der Waals surface area contributed by atoms with Crippen molar-refractivity contribution >= 4 is 28.3 Å². The second-order valence-electron chi connectivity index (χ2n) is 6.81. The molecular formula is C22H20N2O2. The monoisotopic (exact) mass is 344 g/mol. The number of nitrogens with zero attached hydrogens (tertiary/aromatic N) is 2.